The first-order valence-corrected chi connectivity index (χ1v) is 8.84. The van der Waals surface area contributed by atoms with Gasteiger partial charge in [-0.05, 0) is 51.1 Å². The van der Waals surface area contributed by atoms with Gasteiger partial charge in [0.15, 0.2) is 5.78 Å². The molecule has 0 unspecified atom stereocenters. The lowest BCUT2D eigenvalue weighted by Crippen LogP contribution is -2.37. The second-order valence-electron chi connectivity index (χ2n) is 6.46. The maximum Gasteiger partial charge on any atom is 0.339 e. The number of hydrogen-bond donors (Lipinski definition) is 0. The number of carbonyl (C=O) groups excluding carboxylic acids is 4. The minimum atomic E-state index is -1.02. The topological polar surface area (TPSA) is 88.9 Å². The molecule has 8 heteroatoms. The Bertz CT molecular complexity index is 974. The molecule has 1 saturated heterocycles. The highest BCUT2D eigenvalue weighted by Crippen LogP contribution is 2.25. The highest BCUT2D eigenvalue weighted by atomic mass is 16.5. The number of methoxy groups -OCH3 is 1. The monoisotopic (exact) mass is 383 g/mol. The van der Waals surface area contributed by atoms with Crippen LogP contribution < -0.4 is 9.64 Å². The number of benzene rings is 1. The molecule has 3 rings (SSSR count). The van der Waals surface area contributed by atoms with Gasteiger partial charge in [-0.25, -0.2) is 14.6 Å². The Hall–Kier alpha value is -3.42. The molecule has 28 heavy (non-hydrogen) atoms. The molecule has 0 aliphatic carbocycles. The minimum Gasteiger partial charge on any atom is -0.497 e. The molecule has 4 amide bonds. The van der Waals surface area contributed by atoms with Crippen molar-refractivity contribution in [2.24, 2.45) is 0 Å². The van der Waals surface area contributed by atoms with E-state index in [1.807, 2.05) is 25.3 Å². The molecule has 0 atom stereocenters. The molecule has 0 radical (unpaired) electrons. The lowest BCUT2D eigenvalue weighted by molar-refractivity contribution is -0.139. The van der Waals surface area contributed by atoms with Gasteiger partial charge in [-0.15, -0.1) is 0 Å². The number of ether oxygens (including phenoxy) is 1. The van der Waals surface area contributed by atoms with Crippen LogP contribution in [-0.2, 0) is 16.1 Å². The van der Waals surface area contributed by atoms with Crippen LogP contribution in [0.25, 0.3) is 0 Å². The molecule has 8 nitrogen and oxygen atoms in total. The molecule has 1 aliphatic rings. The molecule has 146 valence electrons. The second kappa shape index (κ2) is 7.30. The summed E-state index contributed by atoms with van der Waals surface area (Å²) in [6, 6.07) is 7.05. The van der Waals surface area contributed by atoms with Crippen LogP contribution in [0.4, 0.5) is 10.5 Å². The molecule has 1 aromatic heterocycles. The van der Waals surface area contributed by atoms with Gasteiger partial charge in [-0.3, -0.25) is 14.4 Å². The molecule has 0 bridgehead atoms. The fourth-order valence-corrected chi connectivity index (χ4v) is 3.40. The van der Waals surface area contributed by atoms with E-state index in [9.17, 15) is 19.2 Å². The van der Waals surface area contributed by atoms with E-state index in [1.165, 1.54) is 19.2 Å². The Balaban J connectivity index is 1.85. The van der Waals surface area contributed by atoms with Crippen molar-refractivity contribution in [3.63, 3.8) is 0 Å². The summed E-state index contributed by atoms with van der Waals surface area (Å²) < 4.78 is 7.02. The predicted molar refractivity (Wildman–Crippen MR) is 101 cm³/mol. The molecule has 1 aliphatic heterocycles. The van der Waals surface area contributed by atoms with E-state index in [4.69, 9.17) is 4.74 Å². The lowest BCUT2D eigenvalue weighted by atomic mass is 10.1. The highest BCUT2D eigenvalue weighted by Gasteiger charge is 2.46. The Morgan fingerprint density at radius 1 is 1.04 bits per heavy atom. The van der Waals surface area contributed by atoms with Gasteiger partial charge in [0.2, 0.25) is 0 Å². The van der Waals surface area contributed by atoms with E-state index < -0.39 is 24.4 Å². The van der Waals surface area contributed by atoms with Crippen LogP contribution >= 0.6 is 0 Å². The number of urea groups is 1. The summed E-state index contributed by atoms with van der Waals surface area (Å²) in [6.07, 6.45) is 0. The molecule has 0 saturated carbocycles. The Morgan fingerprint density at radius 3 is 2.21 bits per heavy atom. The molecule has 0 spiro atoms. The number of anilines is 1. The smallest absolute Gasteiger partial charge is 0.339 e. The largest absolute Gasteiger partial charge is 0.497 e. The number of ketones is 1. The molecular formula is C20H21N3O5. The van der Waals surface area contributed by atoms with E-state index in [2.05, 4.69) is 0 Å². The van der Waals surface area contributed by atoms with Gasteiger partial charge >= 0.3 is 17.8 Å². The number of imide groups is 2. The van der Waals surface area contributed by atoms with Crippen molar-refractivity contribution in [2.75, 3.05) is 18.6 Å². The number of hydrogen-bond acceptors (Lipinski definition) is 5. The molecule has 0 N–H and O–H groups in total. The van der Waals surface area contributed by atoms with Crippen molar-refractivity contribution in [1.29, 1.82) is 0 Å². The third kappa shape index (κ3) is 3.06. The van der Waals surface area contributed by atoms with Gasteiger partial charge in [-0.1, -0.05) is 0 Å². The summed E-state index contributed by atoms with van der Waals surface area (Å²) in [5, 5.41) is 0. The van der Waals surface area contributed by atoms with Crippen LogP contribution in [0.5, 0.6) is 5.75 Å². The summed E-state index contributed by atoms with van der Waals surface area (Å²) in [6.45, 7) is 5.88. The van der Waals surface area contributed by atoms with Crippen LogP contribution in [0.1, 0.15) is 28.7 Å². The molecule has 2 aromatic rings. The lowest BCUT2D eigenvalue weighted by Gasteiger charge is -2.15. The third-order valence-corrected chi connectivity index (χ3v) is 4.88. The standard InChI is InChI=1S/C20H21N3O5/c1-5-21-12(2)10-16(13(21)3)17(24)11-22-18(25)19(26)23(20(22)27)14-6-8-15(28-4)9-7-14/h6-10H,5,11H2,1-4H3. The number of carbonyl (C=O) groups is 4. The molecule has 1 fully saturated rings. The van der Waals surface area contributed by atoms with Crippen molar-refractivity contribution >= 4 is 29.3 Å². The number of aryl methyl sites for hydroxylation is 1. The average molecular weight is 383 g/mol. The van der Waals surface area contributed by atoms with Crippen molar-refractivity contribution in [3.05, 3.63) is 47.3 Å². The van der Waals surface area contributed by atoms with E-state index in [0.717, 1.165) is 16.3 Å². The van der Waals surface area contributed by atoms with E-state index >= 15 is 0 Å². The van der Waals surface area contributed by atoms with Gasteiger partial charge in [0.25, 0.3) is 0 Å². The molecule has 2 heterocycles. The maximum atomic E-state index is 12.7. The normalized spacial score (nSPS) is 14.2. The number of nitrogens with zero attached hydrogens (tertiary/aromatic N) is 3. The fourth-order valence-electron chi connectivity index (χ4n) is 3.40. The van der Waals surface area contributed by atoms with E-state index in [-0.39, 0.29) is 11.5 Å². The Morgan fingerprint density at radius 2 is 1.68 bits per heavy atom. The quantitative estimate of drug-likeness (QED) is 0.434. The average Bonchev–Trinajstić information content (AvgIpc) is 3.09. The van der Waals surface area contributed by atoms with Crippen LogP contribution in [0.3, 0.4) is 0 Å². The maximum absolute atomic E-state index is 12.7. The van der Waals surface area contributed by atoms with E-state index in [0.29, 0.717) is 22.8 Å². The van der Waals surface area contributed by atoms with Gasteiger partial charge < -0.3 is 9.30 Å². The van der Waals surface area contributed by atoms with Crippen LogP contribution in [0, 0.1) is 13.8 Å². The van der Waals surface area contributed by atoms with E-state index in [1.54, 1.807) is 18.2 Å². The van der Waals surface area contributed by atoms with Gasteiger partial charge in [0, 0.05) is 23.5 Å². The predicted octanol–water partition coefficient (Wildman–Crippen LogP) is 2.31. The summed E-state index contributed by atoms with van der Waals surface area (Å²) in [7, 11) is 1.49. The summed E-state index contributed by atoms with van der Waals surface area (Å²) in [5.74, 6) is -1.84. The minimum absolute atomic E-state index is 0.239. The number of Topliss-reactive ketones (excluding diaryl/α,β-unsaturated/α-hetero) is 1. The number of rotatable bonds is 6. The summed E-state index contributed by atoms with van der Waals surface area (Å²) in [4.78, 5) is 51.5. The Labute approximate surface area is 162 Å². The highest BCUT2D eigenvalue weighted by molar-refractivity contribution is 6.53. The van der Waals surface area contributed by atoms with Gasteiger partial charge in [0.05, 0.1) is 19.3 Å². The first-order valence-electron chi connectivity index (χ1n) is 8.84. The zero-order chi connectivity index (χ0) is 20.6. The first kappa shape index (κ1) is 19.3. The van der Waals surface area contributed by atoms with Crippen molar-refractivity contribution in [1.82, 2.24) is 9.47 Å². The van der Waals surface area contributed by atoms with Gasteiger partial charge in [0.1, 0.15) is 5.75 Å². The number of aromatic nitrogens is 1. The van der Waals surface area contributed by atoms with Crippen molar-refractivity contribution in [2.45, 2.75) is 27.3 Å². The zero-order valence-corrected chi connectivity index (χ0v) is 16.2. The first-order chi connectivity index (χ1) is 13.3. The summed E-state index contributed by atoms with van der Waals surface area (Å²) in [5.41, 5.74) is 2.36. The van der Waals surface area contributed by atoms with Gasteiger partial charge in [-0.2, -0.15) is 0 Å². The molecular weight excluding hydrogens is 362 g/mol. The van der Waals surface area contributed by atoms with Crippen molar-refractivity contribution in [3.8, 4) is 5.75 Å². The SMILES string of the molecule is CCn1c(C)cc(C(=O)CN2C(=O)C(=O)N(c3ccc(OC)cc3)C2=O)c1C. The fraction of sp³-hybridized carbons (Fsp3) is 0.300. The van der Waals surface area contributed by atoms with Crippen LogP contribution in [0.2, 0.25) is 0 Å². The molecule has 1 aromatic carbocycles. The Kier molecular flexibility index (Phi) is 5.04. The second-order valence-corrected chi connectivity index (χ2v) is 6.46. The van der Waals surface area contributed by atoms with Crippen LogP contribution in [0.15, 0.2) is 30.3 Å². The summed E-state index contributed by atoms with van der Waals surface area (Å²) >= 11 is 0. The zero-order valence-electron chi connectivity index (χ0n) is 16.2. The van der Waals surface area contributed by atoms with Crippen LogP contribution in [-0.4, -0.2) is 46.8 Å². The van der Waals surface area contributed by atoms with Crippen molar-refractivity contribution < 1.29 is 23.9 Å². The third-order valence-electron chi connectivity index (χ3n) is 4.88. The number of amides is 4.